The molecule has 0 spiro atoms. The number of fused-ring (bicyclic) bond motifs is 1. The second kappa shape index (κ2) is 12.2. The van der Waals surface area contributed by atoms with Crippen LogP contribution in [-0.2, 0) is 25.8 Å². The van der Waals surface area contributed by atoms with Crippen LogP contribution in [0.1, 0.15) is 35.0 Å². The van der Waals surface area contributed by atoms with E-state index >= 15 is 0 Å². The molecule has 2 N–H and O–H groups in total. The standard InChI is InChI=1S/C28H27F3N4O6/c1-3-24(36)35-13-21(26(38)34-41-27(39)28(29,30)31)23(14-35)33-25(37)17-8-10-19(11-9-17)40-15-18-12-16(2)32-22-7-5-4-6-20(18)22/h4-12,21,23H,3,13-15H2,1-2H3,(H,33,37)(H,34,38)/t21-,23+/m0/s1. The SMILES string of the molecule is CCC(=O)N1C[C@H](C(=O)NOC(=O)C(F)(F)F)[C@H](NC(=O)c2ccc(OCc3cc(C)nc4ccccc34)cc2)C1. The molecule has 0 unspecified atom stereocenters. The molecule has 3 amide bonds. The summed E-state index contributed by atoms with van der Waals surface area (Å²) in [5, 5.41) is 3.62. The van der Waals surface area contributed by atoms with Crippen LogP contribution < -0.4 is 15.5 Å². The molecule has 1 fully saturated rings. The van der Waals surface area contributed by atoms with Gasteiger partial charge in [-0.1, -0.05) is 25.1 Å². The Hall–Kier alpha value is -4.68. The number of para-hydroxylation sites is 1. The molecule has 1 aromatic heterocycles. The quantitative estimate of drug-likeness (QED) is 0.417. The number of alkyl halides is 3. The minimum atomic E-state index is -5.30. The smallest absolute Gasteiger partial charge is 0.489 e. The van der Waals surface area contributed by atoms with Crippen molar-refractivity contribution in [2.75, 3.05) is 13.1 Å². The summed E-state index contributed by atoms with van der Waals surface area (Å²) in [7, 11) is 0. The molecule has 2 aromatic carbocycles. The van der Waals surface area contributed by atoms with Crippen molar-refractivity contribution in [2.24, 2.45) is 5.92 Å². The molecule has 2 heterocycles. The fourth-order valence-electron chi connectivity index (χ4n) is 4.50. The second-order valence-electron chi connectivity index (χ2n) is 9.45. The molecule has 1 saturated heterocycles. The number of aryl methyl sites for hydroxylation is 1. The van der Waals surface area contributed by atoms with E-state index in [1.807, 2.05) is 37.3 Å². The van der Waals surface area contributed by atoms with Gasteiger partial charge in [-0.25, -0.2) is 4.79 Å². The van der Waals surface area contributed by atoms with Gasteiger partial charge >= 0.3 is 12.1 Å². The number of rotatable bonds is 7. The average molecular weight is 573 g/mol. The van der Waals surface area contributed by atoms with Gasteiger partial charge in [0.05, 0.1) is 17.5 Å². The molecule has 13 heteroatoms. The molecule has 1 aliphatic rings. The number of nitrogens with zero attached hydrogens (tertiary/aromatic N) is 2. The summed E-state index contributed by atoms with van der Waals surface area (Å²) in [6, 6.07) is 14.9. The number of ether oxygens (including phenoxy) is 1. The predicted octanol–water partition coefficient (Wildman–Crippen LogP) is 3.23. The first kappa shape index (κ1) is 29.3. The molecule has 0 bridgehead atoms. The van der Waals surface area contributed by atoms with Crippen molar-refractivity contribution in [1.29, 1.82) is 0 Å². The van der Waals surface area contributed by atoms with E-state index in [1.54, 1.807) is 19.1 Å². The molecule has 4 rings (SSSR count). The molecular weight excluding hydrogens is 545 g/mol. The molecule has 0 saturated carbocycles. The van der Waals surface area contributed by atoms with Gasteiger partial charge in [0.15, 0.2) is 0 Å². The minimum absolute atomic E-state index is 0.0514. The van der Waals surface area contributed by atoms with Crippen molar-refractivity contribution in [3.63, 3.8) is 0 Å². The highest BCUT2D eigenvalue weighted by atomic mass is 19.4. The lowest BCUT2D eigenvalue weighted by Gasteiger charge is -2.19. The highest BCUT2D eigenvalue weighted by Crippen LogP contribution is 2.23. The first-order valence-electron chi connectivity index (χ1n) is 12.7. The van der Waals surface area contributed by atoms with Crippen LogP contribution in [0, 0.1) is 12.8 Å². The molecule has 0 radical (unpaired) electrons. The Morgan fingerprint density at radius 3 is 2.44 bits per heavy atom. The van der Waals surface area contributed by atoms with Gasteiger partial charge < -0.3 is 19.8 Å². The molecule has 0 aliphatic carbocycles. The number of carbonyl (C=O) groups excluding carboxylic acids is 4. The lowest BCUT2D eigenvalue weighted by atomic mass is 10.0. The molecule has 3 aromatic rings. The van der Waals surface area contributed by atoms with Crippen molar-refractivity contribution in [3.05, 3.63) is 71.4 Å². The van der Waals surface area contributed by atoms with Crippen LogP contribution in [0.5, 0.6) is 5.75 Å². The minimum Gasteiger partial charge on any atom is -0.489 e. The predicted molar refractivity (Wildman–Crippen MR) is 139 cm³/mol. The first-order chi connectivity index (χ1) is 19.5. The number of amides is 3. The maximum Gasteiger partial charge on any atom is 0.493 e. The third-order valence-corrected chi connectivity index (χ3v) is 6.54. The number of benzene rings is 2. The Bertz CT molecular complexity index is 1460. The van der Waals surface area contributed by atoms with Crippen LogP contribution in [0.3, 0.4) is 0 Å². The van der Waals surface area contributed by atoms with Crippen molar-refractivity contribution in [1.82, 2.24) is 20.7 Å². The van der Waals surface area contributed by atoms with E-state index in [4.69, 9.17) is 4.74 Å². The Kier molecular flexibility index (Phi) is 8.74. The summed E-state index contributed by atoms with van der Waals surface area (Å²) in [6.45, 7) is 3.55. The summed E-state index contributed by atoms with van der Waals surface area (Å²) in [5.74, 6) is -5.22. The van der Waals surface area contributed by atoms with Gasteiger partial charge in [0.25, 0.3) is 11.8 Å². The molecule has 216 valence electrons. The van der Waals surface area contributed by atoms with Crippen LogP contribution in [0.4, 0.5) is 13.2 Å². The topological polar surface area (TPSA) is 127 Å². The summed E-state index contributed by atoms with van der Waals surface area (Å²) in [6.07, 6.45) is -5.18. The third-order valence-electron chi connectivity index (χ3n) is 6.54. The van der Waals surface area contributed by atoms with Crippen molar-refractivity contribution < 1.29 is 41.9 Å². The van der Waals surface area contributed by atoms with E-state index < -0.39 is 35.9 Å². The van der Waals surface area contributed by atoms with Crippen molar-refractivity contribution in [2.45, 2.75) is 39.1 Å². The highest BCUT2D eigenvalue weighted by molar-refractivity contribution is 5.95. The molecular formula is C28H27F3N4O6. The van der Waals surface area contributed by atoms with Crippen LogP contribution in [-0.4, -0.2) is 58.9 Å². The van der Waals surface area contributed by atoms with Crippen LogP contribution in [0.2, 0.25) is 0 Å². The van der Waals surface area contributed by atoms with E-state index in [1.165, 1.54) is 22.5 Å². The number of likely N-dealkylation sites (tertiary alicyclic amines) is 1. The van der Waals surface area contributed by atoms with Crippen LogP contribution in [0.25, 0.3) is 10.9 Å². The van der Waals surface area contributed by atoms with Gasteiger partial charge in [0.1, 0.15) is 12.4 Å². The van der Waals surface area contributed by atoms with Gasteiger partial charge in [-0.3, -0.25) is 19.4 Å². The Labute approximate surface area is 232 Å². The Morgan fingerprint density at radius 2 is 1.76 bits per heavy atom. The number of halogens is 3. The number of pyridine rings is 1. The van der Waals surface area contributed by atoms with E-state index in [0.29, 0.717) is 5.75 Å². The highest BCUT2D eigenvalue weighted by Gasteiger charge is 2.44. The van der Waals surface area contributed by atoms with E-state index in [2.05, 4.69) is 15.1 Å². The maximum atomic E-state index is 13.0. The Morgan fingerprint density at radius 1 is 1.05 bits per heavy atom. The number of hydrogen-bond donors (Lipinski definition) is 2. The summed E-state index contributed by atoms with van der Waals surface area (Å²) >= 11 is 0. The van der Waals surface area contributed by atoms with Crippen LogP contribution >= 0.6 is 0 Å². The van der Waals surface area contributed by atoms with E-state index in [-0.39, 0.29) is 37.6 Å². The third kappa shape index (κ3) is 7.10. The first-order valence-corrected chi connectivity index (χ1v) is 12.7. The molecule has 10 nitrogen and oxygen atoms in total. The summed E-state index contributed by atoms with van der Waals surface area (Å²) in [4.78, 5) is 58.3. The average Bonchev–Trinajstić information content (AvgIpc) is 3.37. The zero-order valence-corrected chi connectivity index (χ0v) is 22.2. The van der Waals surface area contributed by atoms with E-state index in [9.17, 15) is 32.3 Å². The number of nitrogens with one attached hydrogen (secondary N) is 2. The largest absolute Gasteiger partial charge is 0.493 e. The normalized spacial score (nSPS) is 16.8. The maximum absolute atomic E-state index is 13.0. The van der Waals surface area contributed by atoms with Gasteiger partial charge in [0.2, 0.25) is 5.91 Å². The lowest BCUT2D eigenvalue weighted by Crippen LogP contribution is -2.47. The number of carbonyl (C=O) groups is 4. The van der Waals surface area contributed by atoms with E-state index in [0.717, 1.165) is 22.2 Å². The molecule has 41 heavy (non-hydrogen) atoms. The zero-order chi connectivity index (χ0) is 29.7. The summed E-state index contributed by atoms with van der Waals surface area (Å²) < 4.78 is 43.2. The van der Waals surface area contributed by atoms with Gasteiger partial charge in [-0.05, 0) is 43.3 Å². The second-order valence-corrected chi connectivity index (χ2v) is 9.45. The zero-order valence-electron chi connectivity index (χ0n) is 22.2. The number of hydrogen-bond acceptors (Lipinski definition) is 7. The number of aromatic nitrogens is 1. The lowest BCUT2D eigenvalue weighted by molar-refractivity contribution is -0.208. The van der Waals surface area contributed by atoms with Gasteiger partial charge in [-0.15, -0.1) is 0 Å². The fraction of sp³-hybridized carbons (Fsp3) is 0.321. The number of hydroxylamine groups is 1. The molecule has 2 atom stereocenters. The monoisotopic (exact) mass is 572 g/mol. The van der Waals surface area contributed by atoms with Gasteiger partial charge in [-0.2, -0.15) is 18.7 Å². The van der Waals surface area contributed by atoms with Gasteiger partial charge in [0, 0.05) is 41.7 Å². The fourth-order valence-corrected chi connectivity index (χ4v) is 4.50. The van der Waals surface area contributed by atoms with Crippen molar-refractivity contribution in [3.8, 4) is 5.75 Å². The summed E-state index contributed by atoms with van der Waals surface area (Å²) in [5.41, 5.74) is 4.37. The van der Waals surface area contributed by atoms with Crippen LogP contribution in [0.15, 0.2) is 54.6 Å². The Balaban J connectivity index is 1.40. The molecule has 1 aliphatic heterocycles. The van der Waals surface area contributed by atoms with Crippen molar-refractivity contribution >= 4 is 34.6 Å².